The molecule has 1 heterocycles. The van der Waals surface area contributed by atoms with Crippen molar-refractivity contribution in [1.82, 2.24) is 4.98 Å². The lowest BCUT2D eigenvalue weighted by Gasteiger charge is -2.07. The van der Waals surface area contributed by atoms with Crippen LogP contribution in [-0.4, -0.2) is 24.7 Å². The number of rotatable bonds is 6. The summed E-state index contributed by atoms with van der Waals surface area (Å²) >= 11 is 1.44. The minimum atomic E-state index is -0.262. The molecule has 0 spiro atoms. The van der Waals surface area contributed by atoms with E-state index >= 15 is 0 Å². The lowest BCUT2D eigenvalue weighted by Crippen LogP contribution is -2.07. The molecule has 6 heteroatoms. The summed E-state index contributed by atoms with van der Waals surface area (Å²) in [5.41, 5.74) is 1.54. The van der Waals surface area contributed by atoms with Gasteiger partial charge < -0.3 is 14.8 Å². The van der Waals surface area contributed by atoms with Crippen LogP contribution in [0.1, 0.15) is 12.6 Å². The van der Waals surface area contributed by atoms with Gasteiger partial charge in [-0.3, -0.25) is 4.79 Å². The van der Waals surface area contributed by atoms with Crippen molar-refractivity contribution in [2.24, 2.45) is 0 Å². The zero-order chi connectivity index (χ0) is 14.4. The van der Waals surface area contributed by atoms with E-state index in [-0.39, 0.29) is 12.4 Å². The number of esters is 1. The van der Waals surface area contributed by atoms with E-state index < -0.39 is 0 Å². The van der Waals surface area contributed by atoms with Crippen LogP contribution >= 0.6 is 11.3 Å². The number of para-hydroxylation sites is 2. The molecule has 0 aliphatic carbocycles. The van der Waals surface area contributed by atoms with E-state index in [9.17, 15) is 4.79 Å². The number of aromatic nitrogens is 1. The SMILES string of the molecule is CCOC(=O)Cc1csc(Nc2ccccc2OC)n1. The van der Waals surface area contributed by atoms with Crippen LogP contribution in [0.25, 0.3) is 0 Å². The molecule has 0 amide bonds. The molecule has 2 rings (SSSR count). The van der Waals surface area contributed by atoms with Gasteiger partial charge >= 0.3 is 5.97 Å². The van der Waals surface area contributed by atoms with Crippen LogP contribution in [0.5, 0.6) is 5.75 Å². The zero-order valence-electron chi connectivity index (χ0n) is 11.4. The van der Waals surface area contributed by atoms with Crippen molar-refractivity contribution in [3.8, 4) is 5.75 Å². The zero-order valence-corrected chi connectivity index (χ0v) is 12.2. The lowest BCUT2D eigenvalue weighted by atomic mass is 10.3. The molecule has 0 aliphatic heterocycles. The van der Waals surface area contributed by atoms with Gasteiger partial charge in [0, 0.05) is 5.38 Å². The van der Waals surface area contributed by atoms with E-state index in [1.54, 1.807) is 14.0 Å². The summed E-state index contributed by atoms with van der Waals surface area (Å²) in [6.07, 6.45) is 0.192. The van der Waals surface area contributed by atoms with Crippen molar-refractivity contribution in [1.29, 1.82) is 0 Å². The normalized spacial score (nSPS) is 10.1. The van der Waals surface area contributed by atoms with E-state index in [1.807, 2.05) is 29.6 Å². The van der Waals surface area contributed by atoms with E-state index in [0.29, 0.717) is 17.4 Å². The van der Waals surface area contributed by atoms with Gasteiger partial charge in [0.1, 0.15) is 5.75 Å². The third-order valence-corrected chi connectivity index (χ3v) is 3.34. The van der Waals surface area contributed by atoms with Crippen molar-refractivity contribution in [3.63, 3.8) is 0 Å². The number of hydrogen-bond donors (Lipinski definition) is 1. The number of anilines is 2. The fourth-order valence-corrected chi connectivity index (χ4v) is 2.39. The molecule has 5 nitrogen and oxygen atoms in total. The van der Waals surface area contributed by atoms with Crippen LogP contribution in [0.4, 0.5) is 10.8 Å². The number of carbonyl (C=O) groups excluding carboxylic acids is 1. The number of ether oxygens (including phenoxy) is 2. The Bertz CT molecular complexity index is 583. The van der Waals surface area contributed by atoms with Gasteiger partial charge in [0.25, 0.3) is 0 Å². The number of carbonyl (C=O) groups is 1. The maximum atomic E-state index is 11.4. The van der Waals surface area contributed by atoms with Crippen LogP contribution in [-0.2, 0) is 16.0 Å². The summed E-state index contributed by atoms with van der Waals surface area (Å²) in [4.78, 5) is 15.7. The van der Waals surface area contributed by atoms with Gasteiger partial charge in [-0.1, -0.05) is 12.1 Å². The van der Waals surface area contributed by atoms with Gasteiger partial charge in [0.05, 0.1) is 31.5 Å². The van der Waals surface area contributed by atoms with Crippen molar-refractivity contribution < 1.29 is 14.3 Å². The molecule has 0 atom stereocenters. The predicted octanol–water partition coefficient (Wildman–Crippen LogP) is 3.00. The van der Waals surface area contributed by atoms with Crippen molar-refractivity contribution in [2.75, 3.05) is 19.0 Å². The Morgan fingerprint density at radius 3 is 2.95 bits per heavy atom. The standard InChI is InChI=1S/C14H16N2O3S/c1-3-19-13(17)8-10-9-20-14(15-10)16-11-6-4-5-7-12(11)18-2/h4-7,9H,3,8H2,1-2H3,(H,15,16). The topological polar surface area (TPSA) is 60.5 Å². The highest BCUT2D eigenvalue weighted by Gasteiger charge is 2.09. The van der Waals surface area contributed by atoms with Crippen molar-refractivity contribution in [2.45, 2.75) is 13.3 Å². The Balaban J connectivity index is 2.04. The third-order valence-electron chi connectivity index (χ3n) is 2.53. The number of methoxy groups -OCH3 is 1. The fraction of sp³-hybridized carbons (Fsp3) is 0.286. The van der Waals surface area contributed by atoms with Crippen molar-refractivity contribution in [3.05, 3.63) is 35.3 Å². The number of hydrogen-bond acceptors (Lipinski definition) is 6. The fourth-order valence-electron chi connectivity index (χ4n) is 1.67. The molecule has 0 saturated carbocycles. The molecule has 2 aromatic rings. The van der Waals surface area contributed by atoms with Gasteiger partial charge in [-0.25, -0.2) is 4.98 Å². The first-order valence-electron chi connectivity index (χ1n) is 6.23. The summed E-state index contributed by atoms with van der Waals surface area (Å²) in [7, 11) is 1.62. The summed E-state index contributed by atoms with van der Waals surface area (Å²) in [6.45, 7) is 2.17. The minimum Gasteiger partial charge on any atom is -0.495 e. The second kappa shape index (κ2) is 6.91. The van der Waals surface area contributed by atoms with E-state index in [0.717, 1.165) is 11.4 Å². The molecule has 106 valence electrons. The number of benzene rings is 1. The molecule has 0 radical (unpaired) electrons. The first-order chi connectivity index (χ1) is 9.72. The highest BCUT2D eigenvalue weighted by Crippen LogP contribution is 2.28. The molecule has 0 saturated heterocycles. The first-order valence-corrected chi connectivity index (χ1v) is 7.11. The van der Waals surface area contributed by atoms with Gasteiger partial charge in [0.15, 0.2) is 5.13 Å². The maximum Gasteiger partial charge on any atom is 0.311 e. The maximum absolute atomic E-state index is 11.4. The molecule has 1 aromatic heterocycles. The van der Waals surface area contributed by atoms with Gasteiger partial charge in [-0.05, 0) is 19.1 Å². The second-order valence-corrected chi connectivity index (χ2v) is 4.81. The van der Waals surface area contributed by atoms with Crippen LogP contribution in [0.3, 0.4) is 0 Å². The lowest BCUT2D eigenvalue weighted by molar-refractivity contribution is -0.142. The van der Waals surface area contributed by atoms with Crippen molar-refractivity contribution >= 4 is 28.1 Å². The summed E-state index contributed by atoms with van der Waals surface area (Å²) in [5, 5.41) is 5.74. The summed E-state index contributed by atoms with van der Waals surface area (Å²) < 4.78 is 10.2. The monoisotopic (exact) mass is 292 g/mol. The highest BCUT2D eigenvalue weighted by atomic mass is 32.1. The first kappa shape index (κ1) is 14.3. The van der Waals surface area contributed by atoms with Gasteiger partial charge in [-0.15, -0.1) is 11.3 Å². The number of thiazole rings is 1. The van der Waals surface area contributed by atoms with Gasteiger partial charge in [0.2, 0.25) is 0 Å². The highest BCUT2D eigenvalue weighted by molar-refractivity contribution is 7.13. The summed E-state index contributed by atoms with van der Waals surface area (Å²) in [5.74, 6) is 0.483. The van der Waals surface area contributed by atoms with Crippen LogP contribution in [0, 0.1) is 0 Å². The molecular weight excluding hydrogens is 276 g/mol. The third kappa shape index (κ3) is 3.71. The number of nitrogens with zero attached hydrogens (tertiary/aromatic N) is 1. The molecule has 0 bridgehead atoms. The molecule has 0 fully saturated rings. The Morgan fingerprint density at radius 2 is 2.20 bits per heavy atom. The Kier molecular flexibility index (Phi) is 4.95. The Morgan fingerprint density at radius 1 is 1.40 bits per heavy atom. The number of nitrogens with one attached hydrogen (secondary N) is 1. The van der Waals surface area contributed by atoms with Crippen LogP contribution in [0.2, 0.25) is 0 Å². The average Bonchev–Trinajstić information content (AvgIpc) is 2.87. The summed E-state index contributed by atoms with van der Waals surface area (Å²) in [6, 6.07) is 7.59. The Labute approximate surface area is 121 Å². The molecule has 20 heavy (non-hydrogen) atoms. The molecule has 0 aliphatic rings. The van der Waals surface area contributed by atoms with Crippen LogP contribution in [0.15, 0.2) is 29.6 Å². The average molecular weight is 292 g/mol. The molecular formula is C14H16N2O3S. The smallest absolute Gasteiger partial charge is 0.311 e. The molecule has 0 unspecified atom stereocenters. The predicted molar refractivity (Wildman–Crippen MR) is 78.7 cm³/mol. The van der Waals surface area contributed by atoms with Crippen LogP contribution < -0.4 is 10.1 Å². The van der Waals surface area contributed by atoms with E-state index in [4.69, 9.17) is 9.47 Å². The van der Waals surface area contributed by atoms with E-state index in [2.05, 4.69) is 10.3 Å². The Hall–Kier alpha value is -2.08. The van der Waals surface area contributed by atoms with E-state index in [1.165, 1.54) is 11.3 Å². The quantitative estimate of drug-likeness (QED) is 0.829. The largest absolute Gasteiger partial charge is 0.495 e. The molecule has 1 aromatic carbocycles. The second-order valence-electron chi connectivity index (χ2n) is 3.95. The molecule has 1 N–H and O–H groups in total. The van der Waals surface area contributed by atoms with Gasteiger partial charge in [-0.2, -0.15) is 0 Å². The minimum absolute atomic E-state index is 0.192.